The molecule has 0 bridgehead atoms. The molecule has 0 unspecified atom stereocenters. The van der Waals surface area contributed by atoms with Crippen molar-refractivity contribution in [3.8, 4) is 0 Å². The zero-order valence-corrected chi connectivity index (χ0v) is 20.5. The number of carbonyl (C=O) groups excluding carboxylic acids is 2. The van der Waals surface area contributed by atoms with Crippen LogP contribution in [0.1, 0.15) is 48.8 Å². The topological polar surface area (TPSA) is 99.3 Å². The van der Waals surface area contributed by atoms with Crippen molar-refractivity contribution < 1.29 is 14.3 Å². The molecule has 2 heterocycles. The van der Waals surface area contributed by atoms with Crippen LogP contribution in [0.3, 0.4) is 0 Å². The fraction of sp³-hybridized carbons (Fsp3) is 0.423. The van der Waals surface area contributed by atoms with Crippen LogP contribution in [0.2, 0.25) is 0 Å². The number of hydrogen-bond donors (Lipinski definition) is 3. The Hall–Kier alpha value is -3.39. The highest BCUT2D eigenvalue weighted by Crippen LogP contribution is 2.14. The van der Waals surface area contributed by atoms with E-state index in [0.29, 0.717) is 18.7 Å². The Kier molecular flexibility index (Phi) is 8.65. The Morgan fingerprint density at radius 2 is 1.91 bits per heavy atom. The van der Waals surface area contributed by atoms with Gasteiger partial charge in [-0.1, -0.05) is 6.07 Å². The Balaban J connectivity index is 1.31. The van der Waals surface area contributed by atoms with E-state index >= 15 is 0 Å². The van der Waals surface area contributed by atoms with Gasteiger partial charge in [-0.15, -0.1) is 0 Å². The molecule has 0 aliphatic heterocycles. The molecule has 0 saturated carbocycles. The van der Waals surface area contributed by atoms with E-state index in [0.717, 1.165) is 48.1 Å². The molecule has 0 aliphatic carbocycles. The van der Waals surface area contributed by atoms with Crippen molar-refractivity contribution in [3.63, 3.8) is 0 Å². The first-order valence-corrected chi connectivity index (χ1v) is 11.6. The van der Waals surface area contributed by atoms with Crippen LogP contribution in [-0.2, 0) is 17.7 Å². The molecular formula is C26H35N5O3. The SMILES string of the molecule is CN(CCCc1ccc(CNC(=O)OC(C)(C)C)nc1)CCNC(=O)c1ccc2[nH]ccc2c1. The number of ether oxygens (including phenoxy) is 1. The van der Waals surface area contributed by atoms with Gasteiger partial charge < -0.3 is 25.3 Å². The molecule has 8 nitrogen and oxygen atoms in total. The zero-order chi connectivity index (χ0) is 24.6. The van der Waals surface area contributed by atoms with Gasteiger partial charge in [0.1, 0.15) is 5.60 Å². The second-order valence-corrected chi connectivity index (χ2v) is 9.46. The third kappa shape index (κ3) is 8.19. The highest BCUT2D eigenvalue weighted by atomic mass is 16.6. The molecule has 182 valence electrons. The summed E-state index contributed by atoms with van der Waals surface area (Å²) in [4.78, 5) is 33.9. The lowest BCUT2D eigenvalue weighted by Crippen LogP contribution is -2.33. The lowest BCUT2D eigenvalue weighted by molar-refractivity contribution is 0.0522. The number of nitrogens with one attached hydrogen (secondary N) is 3. The lowest BCUT2D eigenvalue weighted by Gasteiger charge is -2.19. The first-order valence-electron chi connectivity index (χ1n) is 11.6. The number of rotatable bonds is 10. The number of aromatic amines is 1. The summed E-state index contributed by atoms with van der Waals surface area (Å²) in [7, 11) is 2.06. The fourth-order valence-corrected chi connectivity index (χ4v) is 3.51. The van der Waals surface area contributed by atoms with Crippen molar-refractivity contribution in [3.05, 3.63) is 65.6 Å². The van der Waals surface area contributed by atoms with Crippen molar-refractivity contribution in [2.24, 2.45) is 0 Å². The Morgan fingerprint density at radius 3 is 2.65 bits per heavy atom. The highest BCUT2D eigenvalue weighted by Gasteiger charge is 2.15. The van der Waals surface area contributed by atoms with E-state index < -0.39 is 11.7 Å². The van der Waals surface area contributed by atoms with Gasteiger partial charge >= 0.3 is 6.09 Å². The summed E-state index contributed by atoms with van der Waals surface area (Å²) in [6, 6.07) is 11.6. The van der Waals surface area contributed by atoms with Gasteiger partial charge in [-0.25, -0.2) is 4.79 Å². The summed E-state index contributed by atoms with van der Waals surface area (Å²) in [6.45, 7) is 8.14. The van der Waals surface area contributed by atoms with Crippen LogP contribution >= 0.6 is 0 Å². The molecule has 0 atom stereocenters. The second-order valence-electron chi connectivity index (χ2n) is 9.46. The molecule has 0 saturated heterocycles. The highest BCUT2D eigenvalue weighted by molar-refractivity contribution is 5.98. The van der Waals surface area contributed by atoms with Crippen LogP contribution in [0.15, 0.2) is 48.8 Å². The summed E-state index contributed by atoms with van der Waals surface area (Å²) in [5.74, 6) is -0.0520. The van der Waals surface area contributed by atoms with Crippen molar-refractivity contribution in [2.75, 3.05) is 26.7 Å². The van der Waals surface area contributed by atoms with Gasteiger partial charge in [-0.3, -0.25) is 9.78 Å². The number of H-pyrrole nitrogens is 1. The largest absolute Gasteiger partial charge is 0.444 e. The van der Waals surface area contributed by atoms with Crippen molar-refractivity contribution in [1.82, 2.24) is 25.5 Å². The van der Waals surface area contributed by atoms with Gasteiger partial charge in [0.05, 0.1) is 12.2 Å². The smallest absolute Gasteiger partial charge is 0.407 e. The molecule has 2 aromatic heterocycles. The molecular weight excluding hydrogens is 430 g/mol. The Bertz CT molecular complexity index is 1090. The maximum absolute atomic E-state index is 12.4. The van der Waals surface area contributed by atoms with E-state index in [1.165, 1.54) is 0 Å². The first kappa shape index (κ1) is 25.2. The summed E-state index contributed by atoms with van der Waals surface area (Å²) >= 11 is 0. The summed E-state index contributed by atoms with van der Waals surface area (Å²) in [6.07, 6.45) is 5.19. The maximum Gasteiger partial charge on any atom is 0.407 e. The standard InChI is InChI=1S/C26H35N5O3/c1-26(2,3)34-25(33)30-18-22-9-7-19(17-29-22)6-5-14-31(4)15-13-28-24(32)21-8-10-23-20(16-21)11-12-27-23/h7-12,16-17,27H,5-6,13-15,18H2,1-4H3,(H,28,32)(H,30,33). The number of nitrogens with zero attached hydrogens (tertiary/aromatic N) is 2. The number of amides is 2. The van der Waals surface area contributed by atoms with Crippen LogP contribution in [0.4, 0.5) is 4.79 Å². The van der Waals surface area contributed by atoms with E-state index in [-0.39, 0.29) is 5.91 Å². The van der Waals surface area contributed by atoms with Crippen LogP contribution in [0, 0.1) is 0 Å². The zero-order valence-electron chi connectivity index (χ0n) is 20.5. The monoisotopic (exact) mass is 465 g/mol. The molecule has 2 amide bonds. The van der Waals surface area contributed by atoms with Crippen LogP contribution in [0.5, 0.6) is 0 Å². The molecule has 0 aliphatic rings. The number of aryl methyl sites for hydroxylation is 1. The quantitative estimate of drug-likeness (QED) is 0.422. The van der Waals surface area contributed by atoms with E-state index in [1.807, 2.05) is 69.6 Å². The lowest BCUT2D eigenvalue weighted by atomic mass is 10.1. The molecule has 8 heteroatoms. The normalized spacial score (nSPS) is 11.6. The van der Waals surface area contributed by atoms with E-state index in [4.69, 9.17) is 4.74 Å². The summed E-state index contributed by atoms with van der Waals surface area (Å²) in [5.41, 5.74) is 3.13. The Labute approximate surface area is 201 Å². The van der Waals surface area contributed by atoms with Gasteiger partial charge in [0.2, 0.25) is 0 Å². The van der Waals surface area contributed by atoms with Crippen molar-refractivity contribution in [1.29, 1.82) is 0 Å². The molecule has 0 fully saturated rings. The summed E-state index contributed by atoms with van der Waals surface area (Å²) in [5, 5.41) is 6.74. The number of benzene rings is 1. The van der Waals surface area contributed by atoms with Crippen molar-refractivity contribution >= 4 is 22.9 Å². The Morgan fingerprint density at radius 1 is 1.09 bits per heavy atom. The number of likely N-dealkylation sites (N-methyl/N-ethyl adjacent to an activating group) is 1. The van der Waals surface area contributed by atoms with E-state index in [1.54, 1.807) is 0 Å². The first-order chi connectivity index (χ1) is 16.2. The van der Waals surface area contributed by atoms with E-state index in [9.17, 15) is 9.59 Å². The minimum atomic E-state index is -0.516. The second kappa shape index (κ2) is 11.7. The maximum atomic E-state index is 12.4. The third-order valence-electron chi connectivity index (χ3n) is 5.30. The van der Waals surface area contributed by atoms with Gasteiger partial charge in [0.25, 0.3) is 5.91 Å². The van der Waals surface area contributed by atoms with Gasteiger partial charge in [0, 0.05) is 41.9 Å². The molecule has 0 radical (unpaired) electrons. The number of carbonyl (C=O) groups is 2. The summed E-state index contributed by atoms with van der Waals surface area (Å²) < 4.78 is 5.23. The third-order valence-corrected chi connectivity index (χ3v) is 5.30. The van der Waals surface area contributed by atoms with Crippen molar-refractivity contribution in [2.45, 2.75) is 45.8 Å². The van der Waals surface area contributed by atoms with Crippen LogP contribution in [0.25, 0.3) is 10.9 Å². The van der Waals surface area contributed by atoms with Gasteiger partial charge in [-0.2, -0.15) is 0 Å². The minimum absolute atomic E-state index is 0.0520. The molecule has 3 aromatic rings. The van der Waals surface area contributed by atoms with Gasteiger partial charge in [0.15, 0.2) is 0 Å². The average molecular weight is 466 g/mol. The molecule has 1 aromatic carbocycles. The number of pyridine rings is 1. The van der Waals surface area contributed by atoms with E-state index in [2.05, 4.69) is 32.5 Å². The average Bonchev–Trinajstić information content (AvgIpc) is 3.25. The number of hydrogen-bond acceptors (Lipinski definition) is 5. The van der Waals surface area contributed by atoms with Crippen LogP contribution < -0.4 is 10.6 Å². The van der Waals surface area contributed by atoms with Gasteiger partial charge in [-0.05, 0) is 83.1 Å². The molecule has 3 rings (SSSR count). The predicted molar refractivity (Wildman–Crippen MR) is 134 cm³/mol. The predicted octanol–water partition coefficient (Wildman–Crippen LogP) is 3.88. The number of aromatic nitrogens is 2. The molecule has 0 spiro atoms. The van der Waals surface area contributed by atoms with Crippen LogP contribution in [-0.4, -0.2) is 59.2 Å². The number of fused-ring (bicyclic) bond motifs is 1. The molecule has 34 heavy (non-hydrogen) atoms. The molecule has 3 N–H and O–H groups in total. The minimum Gasteiger partial charge on any atom is -0.444 e. The fourth-order valence-electron chi connectivity index (χ4n) is 3.51. The number of alkyl carbamates (subject to hydrolysis) is 1.